The lowest BCUT2D eigenvalue weighted by atomic mass is 10.1. The van der Waals surface area contributed by atoms with E-state index >= 15 is 0 Å². The van der Waals surface area contributed by atoms with Gasteiger partial charge >= 0.3 is 0 Å². The highest BCUT2D eigenvalue weighted by molar-refractivity contribution is 5.96. The number of anilines is 1. The van der Waals surface area contributed by atoms with Gasteiger partial charge in [-0.15, -0.1) is 0 Å². The zero-order valence-electron chi connectivity index (χ0n) is 10.2. The third kappa shape index (κ3) is 1.81. The number of fused-ring (bicyclic) bond motifs is 1. The third-order valence-corrected chi connectivity index (χ3v) is 2.93. The van der Waals surface area contributed by atoms with Crippen LogP contribution in [0.3, 0.4) is 0 Å². The molecule has 6 nitrogen and oxygen atoms in total. The Morgan fingerprint density at radius 1 is 1.53 bits per heavy atom. The van der Waals surface area contributed by atoms with Crippen LogP contribution in [0.1, 0.15) is 5.69 Å². The molecule has 0 radical (unpaired) electrons. The van der Waals surface area contributed by atoms with Crippen molar-refractivity contribution in [2.45, 2.75) is 0 Å². The largest absolute Gasteiger partial charge is 0.482 e. The second-order valence-corrected chi connectivity index (χ2v) is 4.21. The van der Waals surface area contributed by atoms with Gasteiger partial charge < -0.3 is 14.6 Å². The Kier molecular flexibility index (Phi) is 2.46. The van der Waals surface area contributed by atoms with Crippen molar-refractivity contribution >= 4 is 11.6 Å². The minimum atomic E-state index is -0.185. The maximum Gasteiger partial charge on any atom is 0.262 e. The number of hydrogen-bond acceptors (Lipinski definition) is 4. The molecule has 0 aliphatic carbocycles. The number of nitriles is 1. The SMILES string of the molecule is Cn1cnc(C#N)c1-c1ccc2c(c1)NC(=O)CO2. The normalized spacial score (nSPS) is 13.2. The number of nitrogens with zero attached hydrogens (tertiary/aromatic N) is 3. The molecule has 94 valence electrons. The van der Waals surface area contributed by atoms with Crippen molar-refractivity contribution in [3.63, 3.8) is 0 Å². The molecule has 1 aliphatic rings. The van der Waals surface area contributed by atoms with Gasteiger partial charge in [-0.25, -0.2) is 4.98 Å². The minimum absolute atomic E-state index is 0.0293. The fraction of sp³-hybridized carbons (Fsp3) is 0.154. The van der Waals surface area contributed by atoms with E-state index < -0.39 is 0 Å². The first-order valence-electron chi connectivity index (χ1n) is 5.67. The number of carbonyl (C=O) groups is 1. The summed E-state index contributed by atoms with van der Waals surface area (Å²) in [6, 6.07) is 7.45. The number of aromatic nitrogens is 2. The van der Waals surface area contributed by atoms with Gasteiger partial charge in [0, 0.05) is 12.6 Å². The van der Waals surface area contributed by atoms with Crippen molar-refractivity contribution in [1.82, 2.24) is 9.55 Å². The van der Waals surface area contributed by atoms with Crippen molar-refractivity contribution in [3.8, 4) is 23.1 Å². The summed E-state index contributed by atoms with van der Waals surface area (Å²) in [6.45, 7) is 0.0293. The van der Waals surface area contributed by atoms with Crippen LogP contribution in [0.5, 0.6) is 5.75 Å². The molecule has 0 fully saturated rings. The summed E-state index contributed by atoms with van der Waals surface area (Å²) >= 11 is 0. The molecule has 0 bridgehead atoms. The van der Waals surface area contributed by atoms with Gasteiger partial charge in [0.1, 0.15) is 11.8 Å². The second kappa shape index (κ2) is 4.14. The van der Waals surface area contributed by atoms with Crippen LogP contribution in [0, 0.1) is 11.3 Å². The van der Waals surface area contributed by atoms with E-state index in [1.165, 1.54) is 0 Å². The first-order chi connectivity index (χ1) is 9.19. The summed E-state index contributed by atoms with van der Waals surface area (Å²) < 4.78 is 7.07. The average molecular weight is 254 g/mol. The lowest BCUT2D eigenvalue weighted by molar-refractivity contribution is -0.118. The molecule has 19 heavy (non-hydrogen) atoms. The predicted molar refractivity (Wildman–Crippen MR) is 67.5 cm³/mol. The summed E-state index contributed by atoms with van der Waals surface area (Å²) in [4.78, 5) is 15.3. The quantitative estimate of drug-likeness (QED) is 0.831. The molecule has 2 aromatic rings. The molecule has 0 atom stereocenters. The number of imidazole rings is 1. The number of hydrogen-bond donors (Lipinski definition) is 1. The maximum absolute atomic E-state index is 11.3. The molecule has 0 unspecified atom stereocenters. The van der Waals surface area contributed by atoms with Gasteiger partial charge in [0.15, 0.2) is 12.3 Å². The molecule has 1 amide bonds. The Labute approximate surface area is 109 Å². The van der Waals surface area contributed by atoms with Crippen LogP contribution in [0.15, 0.2) is 24.5 Å². The molecule has 1 aromatic carbocycles. The summed E-state index contributed by atoms with van der Waals surface area (Å²) in [7, 11) is 1.82. The number of benzene rings is 1. The number of nitrogens with one attached hydrogen (secondary N) is 1. The van der Waals surface area contributed by atoms with E-state index in [4.69, 9.17) is 10.00 Å². The van der Waals surface area contributed by atoms with Gasteiger partial charge in [-0.05, 0) is 18.2 Å². The predicted octanol–water partition coefficient (Wildman–Crippen LogP) is 1.29. The molecule has 1 N–H and O–H groups in total. The van der Waals surface area contributed by atoms with Crippen LogP contribution in [0.4, 0.5) is 5.69 Å². The topological polar surface area (TPSA) is 79.9 Å². The molecule has 3 rings (SSSR count). The summed E-state index contributed by atoms with van der Waals surface area (Å²) in [5.41, 5.74) is 2.48. The van der Waals surface area contributed by atoms with E-state index in [2.05, 4.69) is 16.4 Å². The monoisotopic (exact) mass is 254 g/mol. The molecule has 1 aliphatic heterocycles. The van der Waals surface area contributed by atoms with Crippen molar-refractivity contribution < 1.29 is 9.53 Å². The molecule has 0 saturated heterocycles. The van der Waals surface area contributed by atoms with Crippen LogP contribution < -0.4 is 10.1 Å². The van der Waals surface area contributed by atoms with Gasteiger partial charge in [0.25, 0.3) is 5.91 Å². The highest BCUT2D eigenvalue weighted by Crippen LogP contribution is 2.33. The lowest BCUT2D eigenvalue weighted by Gasteiger charge is -2.18. The Bertz CT molecular complexity index is 712. The first kappa shape index (κ1) is 11.3. The van der Waals surface area contributed by atoms with Gasteiger partial charge in [0.05, 0.1) is 17.7 Å². The van der Waals surface area contributed by atoms with Gasteiger partial charge in [-0.3, -0.25) is 4.79 Å². The Balaban J connectivity index is 2.12. The molecule has 0 saturated carbocycles. The zero-order chi connectivity index (χ0) is 13.4. The molecular weight excluding hydrogens is 244 g/mol. The average Bonchev–Trinajstić information content (AvgIpc) is 2.79. The van der Waals surface area contributed by atoms with E-state index in [1.807, 2.05) is 13.1 Å². The van der Waals surface area contributed by atoms with E-state index in [0.717, 1.165) is 5.56 Å². The minimum Gasteiger partial charge on any atom is -0.482 e. The van der Waals surface area contributed by atoms with Crippen molar-refractivity contribution in [1.29, 1.82) is 5.26 Å². The molecule has 0 spiro atoms. The van der Waals surface area contributed by atoms with Crippen LogP contribution in [-0.4, -0.2) is 22.1 Å². The molecule has 2 heterocycles. The Hall–Kier alpha value is -2.81. The van der Waals surface area contributed by atoms with Crippen molar-refractivity contribution in [3.05, 3.63) is 30.2 Å². The third-order valence-electron chi connectivity index (χ3n) is 2.93. The highest BCUT2D eigenvalue weighted by atomic mass is 16.5. The van der Waals surface area contributed by atoms with Crippen molar-refractivity contribution in [2.75, 3.05) is 11.9 Å². The summed E-state index contributed by atoms with van der Waals surface area (Å²) in [6.07, 6.45) is 1.59. The number of carbonyl (C=O) groups excluding carboxylic acids is 1. The van der Waals surface area contributed by atoms with Crippen LogP contribution >= 0.6 is 0 Å². The number of amides is 1. The fourth-order valence-electron chi connectivity index (χ4n) is 2.08. The zero-order valence-corrected chi connectivity index (χ0v) is 10.2. The summed E-state index contributed by atoms with van der Waals surface area (Å²) in [5, 5.41) is 11.8. The van der Waals surface area contributed by atoms with E-state index in [-0.39, 0.29) is 12.5 Å². The number of rotatable bonds is 1. The molecule has 6 heteroatoms. The molecule has 1 aromatic heterocycles. The van der Waals surface area contributed by atoms with E-state index in [1.54, 1.807) is 23.0 Å². The van der Waals surface area contributed by atoms with E-state index in [0.29, 0.717) is 22.8 Å². The Morgan fingerprint density at radius 2 is 2.37 bits per heavy atom. The first-order valence-corrected chi connectivity index (χ1v) is 5.67. The second-order valence-electron chi connectivity index (χ2n) is 4.21. The van der Waals surface area contributed by atoms with Gasteiger partial charge in [0.2, 0.25) is 0 Å². The smallest absolute Gasteiger partial charge is 0.262 e. The summed E-state index contributed by atoms with van der Waals surface area (Å²) in [5.74, 6) is 0.444. The van der Waals surface area contributed by atoms with Gasteiger partial charge in [-0.1, -0.05) is 0 Å². The fourth-order valence-corrected chi connectivity index (χ4v) is 2.08. The standard InChI is InChI=1S/C13H10N4O2/c1-17-7-15-10(5-14)13(17)8-2-3-11-9(4-8)16-12(18)6-19-11/h2-4,7H,6H2,1H3,(H,16,18). The van der Waals surface area contributed by atoms with Crippen molar-refractivity contribution in [2.24, 2.45) is 7.05 Å². The van der Waals surface area contributed by atoms with Gasteiger partial charge in [-0.2, -0.15) is 5.26 Å². The maximum atomic E-state index is 11.3. The highest BCUT2D eigenvalue weighted by Gasteiger charge is 2.18. The van der Waals surface area contributed by atoms with Crippen LogP contribution in [0.2, 0.25) is 0 Å². The Morgan fingerprint density at radius 3 is 3.16 bits per heavy atom. The number of aryl methyl sites for hydroxylation is 1. The molecular formula is C13H10N4O2. The van der Waals surface area contributed by atoms with Crippen LogP contribution in [-0.2, 0) is 11.8 Å². The lowest BCUT2D eigenvalue weighted by Crippen LogP contribution is -2.25. The van der Waals surface area contributed by atoms with Crippen LogP contribution in [0.25, 0.3) is 11.3 Å². The number of ether oxygens (including phenoxy) is 1. The van der Waals surface area contributed by atoms with E-state index in [9.17, 15) is 4.79 Å².